The van der Waals surface area contributed by atoms with Crippen LogP contribution in [0.2, 0.25) is 0 Å². The van der Waals surface area contributed by atoms with Crippen molar-refractivity contribution in [2.75, 3.05) is 9.80 Å². The van der Waals surface area contributed by atoms with Crippen molar-refractivity contribution in [1.82, 2.24) is 9.13 Å². The van der Waals surface area contributed by atoms with Crippen molar-refractivity contribution in [3.63, 3.8) is 0 Å². The van der Waals surface area contributed by atoms with Crippen LogP contribution in [-0.2, 0) is 10.8 Å². The van der Waals surface area contributed by atoms with Crippen LogP contribution in [-0.4, -0.2) is 9.13 Å². The van der Waals surface area contributed by atoms with Crippen LogP contribution < -0.4 is 9.80 Å². The molecule has 0 atom stereocenters. The summed E-state index contributed by atoms with van der Waals surface area (Å²) in [6.45, 7) is 18.8. The van der Waals surface area contributed by atoms with Crippen molar-refractivity contribution in [3.8, 4) is 33.6 Å². The first-order valence-electron chi connectivity index (χ1n) is 30.1. The molecule has 2 aliphatic rings. The molecule has 86 heavy (non-hydrogen) atoms. The Morgan fingerprint density at radius 1 is 0.302 bits per heavy atom. The Balaban J connectivity index is 0.803. The molecule has 2 heterocycles. The number of benzene rings is 12. The van der Waals surface area contributed by atoms with Gasteiger partial charge in [-0.15, -0.1) is 0 Å². The van der Waals surface area contributed by atoms with Crippen LogP contribution in [0.15, 0.2) is 273 Å². The Labute approximate surface area is 503 Å². The Morgan fingerprint density at radius 3 is 1.06 bits per heavy atom. The van der Waals surface area contributed by atoms with Gasteiger partial charge in [-0.2, -0.15) is 0 Å². The summed E-state index contributed by atoms with van der Waals surface area (Å²) in [5.41, 5.74) is 29.5. The molecule has 0 saturated carbocycles. The van der Waals surface area contributed by atoms with Gasteiger partial charge in [-0.3, -0.25) is 0 Å². The lowest BCUT2D eigenvalue weighted by molar-refractivity contribution is 0.660. The molecule has 0 amide bonds. The predicted octanol–water partition coefficient (Wildman–Crippen LogP) is 22.1. The van der Waals surface area contributed by atoms with Gasteiger partial charge in [0.2, 0.25) is 0 Å². The minimum atomic E-state index is -0.162. The van der Waals surface area contributed by atoms with Gasteiger partial charge in [0.15, 0.2) is 0 Å². The Hall–Kier alpha value is -10.4. The van der Waals surface area contributed by atoms with Gasteiger partial charge in [-0.25, -0.2) is 0 Å². The van der Waals surface area contributed by atoms with Gasteiger partial charge in [0.05, 0.1) is 22.1 Å². The highest BCUT2D eigenvalue weighted by atomic mass is 15.2. The van der Waals surface area contributed by atoms with E-state index in [2.05, 4.69) is 327 Å². The summed E-state index contributed by atoms with van der Waals surface area (Å²) in [5.74, 6) is 0. The first kappa shape index (κ1) is 51.2. The number of nitrogens with zero attached hydrogens (tertiary/aromatic N) is 4. The van der Waals surface area contributed by atoms with Crippen LogP contribution in [0, 0.1) is 13.8 Å². The van der Waals surface area contributed by atoms with E-state index in [4.69, 9.17) is 6.58 Å². The zero-order valence-corrected chi connectivity index (χ0v) is 49.4. The van der Waals surface area contributed by atoms with E-state index in [1.54, 1.807) is 0 Å². The average molecular weight is 1110 g/mol. The third-order valence-electron chi connectivity index (χ3n) is 19.1. The van der Waals surface area contributed by atoms with E-state index < -0.39 is 0 Å². The van der Waals surface area contributed by atoms with E-state index in [-0.39, 0.29) is 10.8 Å². The van der Waals surface area contributed by atoms with E-state index in [0.29, 0.717) is 0 Å². The van der Waals surface area contributed by atoms with Gasteiger partial charge in [-0.1, -0.05) is 180 Å². The highest BCUT2D eigenvalue weighted by molar-refractivity contribution is 6.12. The summed E-state index contributed by atoms with van der Waals surface area (Å²) >= 11 is 0. The van der Waals surface area contributed by atoms with Crippen LogP contribution in [0.3, 0.4) is 0 Å². The van der Waals surface area contributed by atoms with Gasteiger partial charge in [0, 0.05) is 77.9 Å². The molecule has 0 bridgehead atoms. The maximum absolute atomic E-state index is 4.90. The van der Waals surface area contributed by atoms with Gasteiger partial charge >= 0.3 is 0 Å². The molecule has 0 spiro atoms. The average Bonchev–Trinajstić information content (AvgIpc) is 1.79. The zero-order chi connectivity index (χ0) is 58.2. The monoisotopic (exact) mass is 1100 g/mol. The fourth-order valence-electron chi connectivity index (χ4n) is 14.9. The van der Waals surface area contributed by atoms with Crippen LogP contribution in [0.4, 0.5) is 34.1 Å². The number of anilines is 6. The van der Waals surface area contributed by atoms with Gasteiger partial charge in [-0.05, 0) is 208 Å². The fraction of sp³-hybridized carbons (Fsp3) is 0.0976. The SMILES string of the molecule is C=C(c1ccc(N(c2ccc3c(c2)C(C)(C)c2ccccc2-3)c2ccc3c(c2)c2ccccc2n3-c2ccccc2)cc1C)c1ccc(N(c2ccc3c(c2)C(C)(C)c2ccccc2-3)c2ccc3c(c2)c2ccccc2n3-c2ccccc2)cc1C. The molecule has 16 rings (SSSR count). The van der Waals surface area contributed by atoms with E-state index in [1.807, 2.05) is 0 Å². The Kier molecular flexibility index (Phi) is 11.5. The molecule has 0 N–H and O–H groups in total. The molecule has 12 aromatic carbocycles. The van der Waals surface area contributed by atoms with Gasteiger partial charge in [0.1, 0.15) is 0 Å². The number of hydrogen-bond acceptors (Lipinski definition) is 2. The van der Waals surface area contributed by atoms with Crippen LogP contribution in [0.5, 0.6) is 0 Å². The molecule has 2 aliphatic carbocycles. The van der Waals surface area contributed by atoms with E-state index in [1.165, 1.54) is 88.1 Å². The first-order chi connectivity index (χ1) is 41.9. The van der Waals surface area contributed by atoms with E-state index >= 15 is 0 Å². The van der Waals surface area contributed by atoms with E-state index in [0.717, 1.165) is 73.3 Å². The normalized spacial score (nSPS) is 13.5. The van der Waals surface area contributed by atoms with Crippen molar-refractivity contribution in [1.29, 1.82) is 0 Å². The van der Waals surface area contributed by atoms with Crippen molar-refractivity contribution in [2.45, 2.75) is 52.4 Å². The molecule has 2 aromatic heterocycles. The smallest absolute Gasteiger partial charge is 0.0542 e. The topological polar surface area (TPSA) is 16.3 Å². The van der Waals surface area contributed by atoms with Crippen LogP contribution in [0.25, 0.3) is 82.8 Å². The lowest BCUT2D eigenvalue weighted by atomic mass is 9.82. The summed E-state index contributed by atoms with van der Waals surface area (Å²) in [5, 5.41) is 4.87. The summed E-state index contributed by atoms with van der Waals surface area (Å²) in [4.78, 5) is 4.91. The molecule has 0 unspecified atom stereocenters. The number of rotatable bonds is 10. The second kappa shape index (κ2) is 19.3. The number of para-hydroxylation sites is 4. The number of aromatic nitrogens is 2. The molecule has 4 heteroatoms. The number of aryl methyl sites for hydroxylation is 2. The maximum atomic E-state index is 4.90. The minimum absolute atomic E-state index is 0.162. The van der Waals surface area contributed by atoms with Gasteiger partial charge in [0.25, 0.3) is 0 Å². The molecular formula is C82H64N4. The number of hydrogen-bond donors (Lipinski definition) is 0. The van der Waals surface area contributed by atoms with Crippen molar-refractivity contribution in [3.05, 3.63) is 318 Å². The maximum Gasteiger partial charge on any atom is 0.0542 e. The molecule has 14 aromatic rings. The summed E-state index contributed by atoms with van der Waals surface area (Å²) in [6, 6.07) is 98.9. The summed E-state index contributed by atoms with van der Waals surface area (Å²) < 4.78 is 4.78. The molecule has 0 radical (unpaired) electrons. The summed E-state index contributed by atoms with van der Waals surface area (Å²) in [7, 11) is 0. The third-order valence-corrected chi connectivity index (χ3v) is 19.1. The van der Waals surface area contributed by atoms with Crippen molar-refractivity contribution in [2.24, 2.45) is 0 Å². The zero-order valence-electron chi connectivity index (χ0n) is 49.4. The highest BCUT2D eigenvalue weighted by Gasteiger charge is 2.37. The van der Waals surface area contributed by atoms with Crippen molar-refractivity contribution < 1.29 is 0 Å². The number of fused-ring (bicyclic) bond motifs is 12. The summed E-state index contributed by atoms with van der Waals surface area (Å²) in [6.07, 6.45) is 0. The quantitative estimate of drug-likeness (QED) is 0.136. The third kappa shape index (κ3) is 7.75. The molecule has 4 nitrogen and oxygen atoms in total. The molecule has 0 saturated heterocycles. The molecular weight excluding hydrogens is 1040 g/mol. The lowest BCUT2D eigenvalue weighted by Crippen LogP contribution is -2.16. The minimum Gasteiger partial charge on any atom is -0.310 e. The van der Waals surface area contributed by atoms with Crippen molar-refractivity contribution >= 4 is 83.3 Å². The molecule has 0 aliphatic heterocycles. The first-order valence-corrected chi connectivity index (χ1v) is 30.1. The molecule has 0 fully saturated rings. The Bertz CT molecular complexity index is 4790. The van der Waals surface area contributed by atoms with Gasteiger partial charge < -0.3 is 18.9 Å². The Morgan fingerprint density at radius 2 is 0.628 bits per heavy atom. The second-order valence-corrected chi connectivity index (χ2v) is 24.7. The fourth-order valence-corrected chi connectivity index (χ4v) is 14.9. The largest absolute Gasteiger partial charge is 0.310 e. The molecule has 412 valence electrons. The lowest BCUT2D eigenvalue weighted by Gasteiger charge is -2.29. The standard InChI is InChI=1S/C82H64N4/c1-52-46-57(83(61-36-42-67-65-26-14-18-30-73(65)81(4,5)75(67)50-61)59-38-44-79-71(48-59)69-28-16-20-32-77(69)85(79)55-22-10-8-11-23-55)34-40-63(52)54(3)64-41-35-58(47-53(64)2)84(62-37-43-68-66-27-15-19-31-74(66)82(6,7)76(68)51-62)60-39-45-80-72(49-60)70-29-17-21-33-78(70)86(80)56-24-12-9-13-25-56/h8-51H,3H2,1-2,4-7H3. The second-order valence-electron chi connectivity index (χ2n) is 24.7. The predicted molar refractivity (Wildman–Crippen MR) is 364 cm³/mol. The van der Waals surface area contributed by atoms with E-state index in [9.17, 15) is 0 Å². The van der Waals surface area contributed by atoms with Crippen LogP contribution in [0.1, 0.15) is 72.2 Å². The highest BCUT2D eigenvalue weighted by Crippen LogP contribution is 2.53. The van der Waals surface area contributed by atoms with Crippen LogP contribution >= 0.6 is 0 Å².